The number of aliphatic carboxylic acids is 1. The molecular formula is C17H30N4O6. The summed E-state index contributed by atoms with van der Waals surface area (Å²) in [5.41, 5.74) is 0. The minimum atomic E-state index is -1.19. The molecule has 1 rings (SSSR count). The van der Waals surface area contributed by atoms with Crippen LogP contribution >= 0.6 is 0 Å². The number of carbonyl (C=O) groups is 4. The Labute approximate surface area is 158 Å². The van der Waals surface area contributed by atoms with Crippen molar-refractivity contribution in [2.45, 2.75) is 64.2 Å². The van der Waals surface area contributed by atoms with E-state index < -0.39 is 48.6 Å². The number of nitrogens with one attached hydrogen (secondary N) is 4. The number of amides is 3. The Hall–Kier alpha value is -2.20. The van der Waals surface area contributed by atoms with Crippen molar-refractivity contribution in [1.29, 1.82) is 0 Å². The zero-order valence-corrected chi connectivity index (χ0v) is 15.9. The van der Waals surface area contributed by atoms with Gasteiger partial charge in [-0.15, -0.1) is 0 Å². The normalized spacial score (nSPS) is 19.8. The van der Waals surface area contributed by atoms with Crippen LogP contribution in [0.3, 0.4) is 0 Å². The smallest absolute Gasteiger partial charge is 0.326 e. The first-order chi connectivity index (χ1) is 12.6. The molecule has 0 aliphatic carbocycles. The molecule has 0 aromatic rings. The van der Waals surface area contributed by atoms with Crippen LogP contribution in [-0.2, 0) is 19.2 Å². The van der Waals surface area contributed by atoms with Crippen molar-refractivity contribution >= 4 is 23.7 Å². The zero-order valence-electron chi connectivity index (χ0n) is 15.9. The van der Waals surface area contributed by atoms with Gasteiger partial charge in [0.1, 0.15) is 18.1 Å². The maximum Gasteiger partial charge on any atom is 0.326 e. The van der Waals surface area contributed by atoms with E-state index in [0.717, 1.165) is 6.42 Å². The van der Waals surface area contributed by atoms with E-state index in [2.05, 4.69) is 21.3 Å². The van der Waals surface area contributed by atoms with Gasteiger partial charge in [-0.3, -0.25) is 14.4 Å². The molecule has 0 bridgehead atoms. The summed E-state index contributed by atoms with van der Waals surface area (Å²) >= 11 is 0. The van der Waals surface area contributed by atoms with Crippen molar-refractivity contribution in [1.82, 2.24) is 21.3 Å². The Balaban J connectivity index is 2.57. The third-order valence-corrected chi connectivity index (χ3v) is 4.27. The minimum Gasteiger partial charge on any atom is -0.480 e. The van der Waals surface area contributed by atoms with Crippen LogP contribution in [0, 0.1) is 5.92 Å². The van der Waals surface area contributed by atoms with Crippen molar-refractivity contribution in [2.75, 3.05) is 13.2 Å². The number of carbonyl (C=O) groups excluding carboxylic acids is 3. The number of carboxylic acid groups (broad SMARTS) is 1. The first-order valence-corrected chi connectivity index (χ1v) is 9.13. The number of rotatable bonds is 10. The molecular weight excluding hydrogens is 356 g/mol. The molecule has 10 heteroatoms. The van der Waals surface area contributed by atoms with E-state index in [4.69, 9.17) is 0 Å². The molecule has 1 saturated heterocycles. The average molecular weight is 386 g/mol. The fraction of sp³-hybridized carbons (Fsp3) is 0.765. The Morgan fingerprint density at radius 2 is 1.70 bits per heavy atom. The minimum absolute atomic E-state index is 0.0643. The highest BCUT2D eigenvalue weighted by Gasteiger charge is 2.29. The second-order valence-corrected chi connectivity index (χ2v) is 7.15. The quantitative estimate of drug-likeness (QED) is 0.262. The Bertz CT molecular complexity index is 548. The molecule has 4 atom stereocenters. The van der Waals surface area contributed by atoms with Crippen molar-refractivity contribution in [2.24, 2.45) is 5.92 Å². The van der Waals surface area contributed by atoms with E-state index >= 15 is 0 Å². The summed E-state index contributed by atoms with van der Waals surface area (Å²) in [5.74, 6) is -2.85. The van der Waals surface area contributed by atoms with E-state index in [1.807, 2.05) is 13.8 Å². The SMILES string of the molecule is CC(C)CC(NC(=O)C(C)NC(=O)C(CO)NC(=O)C1CCCN1)C(=O)O. The van der Waals surface area contributed by atoms with Crippen LogP contribution in [0.2, 0.25) is 0 Å². The highest BCUT2D eigenvalue weighted by Crippen LogP contribution is 2.06. The number of hydrogen-bond acceptors (Lipinski definition) is 6. The summed E-state index contributed by atoms with van der Waals surface area (Å²) < 4.78 is 0. The summed E-state index contributed by atoms with van der Waals surface area (Å²) in [6.07, 6.45) is 1.76. The molecule has 154 valence electrons. The summed E-state index contributed by atoms with van der Waals surface area (Å²) in [7, 11) is 0. The van der Waals surface area contributed by atoms with Gasteiger partial charge in [0, 0.05) is 0 Å². The van der Waals surface area contributed by atoms with Gasteiger partial charge >= 0.3 is 5.97 Å². The molecule has 0 saturated carbocycles. The van der Waals surface area contributed by atoms with Gasteiger partial charge in [0.25, 0.3) is 0 Å². The van der Waals surface area contributed by atoms with Crippen molar-refractivity contribution in [3.05, 3.63) is 0 Å². The van der Waals surface area contributed by atoms with Crippen LogP contribution in [0.4, 0.5) is 0 Å². The number of hydrogen-bond donors (Lipinski definition) is 6. The standard InChI is InChI=1S/C17H30N4O6/c1-9(2)7-12(17(26)27)20-14(23)10(3)19-16(25)13(8-22)21-15(24)11-5-4-6-18-11/h9-13,18,22H,4-8H2,1-3H3,(H,19,25)(H,20,23)(H,21,24)(H,26,27). The lowest BCUT2D eigenvalue weighted by Crippen LogP contribution is -2.57. The lowest BCUT2D eigenvalue weighted by atomic mass is 10.0. The second-order valence-electron chi connectivity index (χ2n) is 7.15. The number of aliphatic hydroxyl groups is 1. The molecule has 1 fully saturated rings. The summed E-state index contributed by atoms with van der Waals surface area (Å²) in [6, 6.07) is -3.68. The van der Waals surface area contributed by atoms with Gasteiger partial charge in [-0.2, -0.15) is 0 Å². The fourth-order valence-electron chi connectivity index (χ4n) is 2.74. The molecule has 27 heavy (non-hydrogen) atoms. The average Bonchev–Trinajstić information content (AvgIpc) is 3.12. The third-order valence-electron chi connectivity index (χ3n) is 4.27. The molecule has 3 amide bonds. The molecule has 10 nitrogen and oxygen atoms in total. The highest BCUT2D eigenvalue weighted by atomic mass is 16.4. The first-order valence-electron chi connectivity index (χ1n) is 9.13. The maximum atomic E-state index is 12.2. The molecule has 0 aromatic heterocycles. The van der Waals surface area contributed by atoms with Crippen LogP contribution in [0.25, 0.3) is 0 Å². The third kappa shape index (κ3) is 7.51. The largest absolute Gasteiger partial charge is 0.480 e. The molecule has 1 aliphatic heterocycles. The van der Waals surface area contributed by atoms with Gasteiger partial charge in [0.05, 0.1) is 12.6 Å². The van der Waals surface area contributed by atoms with Crippen LogP contribution in [0.5, 0.6) is 0 Å². The van der Waals surface area contributed by atoms with E-state index in [0.29, 0.717) is 13.0 Å². The van der Waals surface area contributed by atoms with Gasteiger partial charge < -0.3 is 31.5 Å². The molecule has 6 N–H and O–H groups in total. The molecule has 4 unspecified atom stereocenters. The molecule has 1 heterocycles. The predicted molar refractivity (Wildman–Crippen MR) is 96.7 cm³/mol. The van der Waals surface area contributed by atoms with Crippen molar-refractivity contribution in [3.8, 4) is 0 Å². The monoisotopic (exact) mass is 386 g/mol. The van der Waals surface area contributed by atoms with Crippen LogP contribution < -0.4 is 21.3 Å². The van der Waals surface area contributed by atoms with E-state index in [9.17, 15) is 29.4 Å². The fourth-order valence-corrected chi connectivity index (χ4v) is 2.74. The van der Waals surface area contributed by atoms with Gasteiger partial charge in [-0.25, -0.2) is 4.79 Å². The van der Waals surface area contributed by atoms with Gasteiger partial charge in [-0.1, -0.05) is 13.8 Å². The lowest BCUT2D eigenvalue weighted by molar-refractivity contribution is -0.142. The Morgan fingerprint density at radius 3 is 2.19 bits per heavy atom. The predicted octanol–water partition coefficient (Wildman–Crippen LogP) is -1.66. The first kappa shape index (κ1) is 22.8. The van der Waals surface area contributed by atoms with E-state index in [1.54, 1.807) is 0 Å². The Kier molecular flexibility index (Phi) is 9.16. The van der Waals surface area contributed by atoms with Crippen molar-refractivity contribution < 1.29 is 29.4 Å². The molecule has 0 aromatic carbocycles. The lowest BCUT2D eigenvalue weighted by Gasteiger charge is -2.23. The number of aliphatic hydroxyl groups excluding tert-OH is 1. The van der Waals surface area contributed by atoms with Crippen LogP contribution in [-0.4, -0.2) is 71.2 Å². The van der Waals surface area contributed by atoms with E-state index in [1.165, 1.54) is 6.92 Å². The van der Waals surface area contributed by atoms with Crippen molar-refractivity contribution in [3.63, 3.8) is 0 Å². The van der Waals surface area contributed by atoms with Gasteiger partial charge in [0.15, 0.2) is 0 Å². The zero-order chi connectivity index (χ0) is 20.6. The summed E-state index contributed by atoms with van der Waals surface area (Å²) in [5, 5.41) is 28.8. The van der Waals surface area contributed by atoms with Crippen LogP contribution in [0.1, 0.15) is 40.0 Å². The summed E-state index contributed by atoms with van der Waals surface area (Å²) in [4.78, 5) is 47.7. The van der Waals surface area contributed by atoms with Crippen LogP contribution in [0.15, 0.2) is 0 Å². The van der Waals surface area contributed by atoms with E-state index in [-0.39, 0.29) is 18.2 Å². The Morgan fingerprint density at radius 1 is 1.04 bits per heavy atom. The topological polar surface area (TPSA) is 157 Å². The second kappa shape index (κ2) is 10.8. The highest BCUT2D eigenvalue weighted by molar-refractivity contribution is 5.94. The molecule has 0 spiro atoms. The molecule has 0 radical (unpaired) electrons. The summed E-state index contributed by atoms with van der Waals surface area (Å²) in [6.45, 7) is 5.16. The molecule has 1 aliphatic rings. The van der Waals surface area contributed by atoms with Gasteiger partial charge in [-0.05, 0) is 38.6 Å². The van der Waals surface area contributed by atoms with Gasteiger partial charge in [0.2, 0.25) is 17.7 Å². The maximum absolute atomic E-state index is 12.2. The number of carboxylic acids is 1.